The van der Waals surface area contributed by atoms with E-state index in [0.29, 0.717) is 13.0 Å². The molecule has 0 N–H and O–H groups in total. The van der Waals surface area contributed by atoms with Crippen LogP contribution in [0, 0.1) is 0 Å². The van der Waals surface area contributed by atoms with Gasteiger partial charge in [0.2, 0.25) is 0 Å². The molecular formula is C14H19NO2. The third-order valence-electron chi connectivity index (χ3n) is 3.44. The van der Waals surface area contributed by atoms with Crippen molar-refractivity contribution in [1.82, 2.24) is 4.98 Å². The standard InChI is InChI=1S/C14H19NO2/c1-3-11-5-6-12(15-10-11)9-13(16)14(2)7-4-8-17-14/h5-6,10H,3-4,7-9H2,1-2H3. The average molecular weight is 233 g/mol. The molecule has 1 atom stereocenters. The van der Waals surface area contributed by atoms with Gasteiger partial charge in [-0.1, -0.05) is 13.0 Å². The van der Waals surface area contributed by atoms with Gasteiger partial charge in [0.05, 0.1) is 6.42 Å². The summed E-state index contributed by atoms with van der Waals surface area (Å²) in [6.07, 6.45) is 5.01. The van der Waals surface area contributed by atoms with E-state index in [-0.39, 0.29) is 5.78 Å². The number of hydrogen-bond acceptors (Lipinski definition) is 3. The maximum atomic E-state index is 12.1. The van der Waals surface area contributed by atoms with E-state index in [1.807, 2.05) is 25.3 Å². The van der Waals surface area contributed by atoms with Gasteiger partial charge in [-0.25, -0.2) is 0 Å². The molecule has 1 aliphatic rings. The van der Waals surface area contributed by atoms with Crippen molar-refractivity contribution in [1.29, 1.82) is 0 Å². The predicted octanol–water partition coefficient (Wildman–Crippen LogP) is 2.32. The first kappa shape index (κ1) is 12.2. The lowest BCUT2D eigenvalue weighted by molar-refractivity contribution is -0.136. The molecule has 0 aliphatic carbocycles. The van der Waals surface area contributed by atoms with Gasteiger partial charge < -0.3 is 4.74 Å². The maximum Gasteiger partial charge on any atom is 0.170 e. The van der Waals surface area contributed by atoms with E-state index in [1.165, 1.54) is 5.56 Å². The molecule has 0 aromatic carbocycles. The fraction of sp³-hybridized carbons (Fsp3) is 0.571. The largest absolute Gasteiger partial charge is 0.367 e. The van der Waals surface area contributed by atoms with Crippen LogP contribution in [-0.4, -0.2) is 23.0 Å². The van der Waals surface area contributed by atoms with Crippen molar-refractivity contribution in [3.05, 3.63) is 29.6 Å². The van der Waals surface area contributed by atoms with Crippen molar-refractivity contribution in [3.63, 3.8) is 0 Å². The highest BCUT2D eigenvalue weighted by Crippen LogP contribution is 2.27. The minimum Gasteiger partial charge on any atom is -0.367 e. The second kappa shape index (κ2) is 4.96. The molecule has 1 aromatic rings. The van der Waals surface area contributed by atoms with Gasteiger partial charge in [-0.2, -0.15) is 0 Å². The highest BCUT2D eigenvalue weighted by molar-refractivity contribution is 5.88. The summed E-state index contributed by atoms with van der Waals surface area (Å²) < 4.78 is 5.54. The molecule has 1 aromatic heterocycles. The number of hydrogen-bond donors (Lipinski definition) is 0. The summed E-state index contributed by atoms with van der Waals surface area (Å²) in [7, 11) is 0. The van der Waals surface area contributed by atoms with Crippen LogP contribution in [0.5, 0.6) is 0 Å². The summed E-state index contributed by atoms with van der Waals surface area (Å²) in [5, 5.41) is 0. The maximum absolute atomic E-state index is 12.1. The third-order valence-corrected chi connectivity index (χ3v) is 3.44. The minimum atomic E-state index is -0.578. The molecule has 1 fully saturated rings. The van der Waals surface area contributed by atoms with E-state index < -0.39 is 5.60 Å². The molecule has 92 valence electrons. The highest BCUT2D eigenvalue weighted by Gasteiger charge is 2.37. The summed E-state index contributed by atoms with van der Waals surface area (Å²) in [4.78, 5) is 16.4. The van der Waals surface area contributed by atoms with E-state index in [4.69, 9.17) is 4.74 Å². The van der Waals surface area contributed by atoms with Crippen LogP contribution in [-0.2, 0) is 22.4 Å². The Morgan fingerprint density at radius 2 is 2.35 bits per heavy atom. The van der Waals surface area contributed by atoms with Gasteiger partial charge >= 0.3 is 0 Å². The molecule has 0 radical (unpaired) electrons. The topological polar surface area (TPSA) is 39.2 Å². The average Bonchev–Trinajstić information content (AvgIpc) is 2.78. The Labute approximate surface area is 102 Å². The smallest absolute Gasteiger partial charge is 0.170 e. The van der Waals surface area contributed by atoms with E-state index in [0.717, 1.165) is 25.0 Å². The Hall–Kier alpha value is -1.22. The summed E-state index contributed by atoms with van der Waals surface area (Å²) in [6, 6.07) is 3.97. The first-order valence-electron chi connectivity index (χ1n) is 6.25. The van der Waals surface area contributed by atoms with Gasteiger partial charge in [0.15, 0.2) is 5.78 Å². The van der Waals surface area contributed by atoms with Crippen molar-refractivity contribution in [3.8, 4) is 0 Å². The Morgan fingerprint density at radius 3 is 2.88 bits per heavy atom. The van der Waals surface area contributed by atoms with Crippen LogP contribution in [0.15, 0.2) is 18.3 Å². The first-order chi connectivity index (χ1) is 8.14. The van der Waals surface area contributed by atoms with Gasteiger partial charge in [0.25, 0.3) is 0 Å². The number of nitrogens with zero attached hydrogens (tertiary/aromatic N) is 1. The number of aromatic nitrogens is 1. The molecule has 0 amide bonds. The lowest BCUT2D eigenvalue weighted by Crippen LogP contribution is -2.35. The molecular weight excluding hydrogens is 214 g/mol. The van der Waals surface area contributed by atoms with Crippen LogP contribution in [0.1, 0.15) is 37.9 Å². The molecule has 1 saturated heterocycles. The highest BCUT2D eigenvalue weighted by atomic mass is 16.5. The van der Waals surface area contributed by atoms with Crippen LogP contribution in [0.3, 0.4) is 0 Å². The molecule has 0 bridgehead atoms. The number of aryl methyl sites for hydroxylation is 1. The fourth-order valence-corrected chi connectivity index (χ4v) is 2.12. The zero-order chi connectivity index (χ0) is 12.3. The molecule has 0 spiro atoms. The summed E-state index contributed by atoms with van der Waals surface area (Å²) in [6.45, 7) is 4.68. The van der Waals surface area contributed by atoms with E-state index in [1.54, 1.807) is 0 Å². The van der Waals surface area contributed by atoms with Crippen molar-refractivity contribution >= 4 is 5.78 Å². The number of rotatable bonds is 4. The van der Waals surface area contributed by atoms with Crippen molar-refractivity contribution in [2.75, 3.05) is 6.61 Å². The number of pyridine rings is 1. The van der Waals surface area contributed by atoms with Gasteiger partial charge in [-0.15, -0.1) is 0 Å². The molecule has 0 saturated carbocycles. The SMILES string of the molecule is CCc1ccc(CC(=O)C2(C)CCCO2)nc1. The fourth-order valence-electron chi connectivity index (χ4n) is 2.12. The molecule has 2 heterocycles. The Balaban J connectivity index is 2.02. The van der Waals surface area contributed by atoms with Gasteiger partial charge in [0.1, 0.15) is 5.60 Å². The molecule has 1 aliphatic heterocycles. The van der Waals surface area contributed by atoms with Gasteiger partial charge in [0, 0.05) is 18.5 Å². The molecule has 3 heteroatoms. The van der Waals surface area contributed by atoms with Crippen molar-refractivity contribution < 1.29 is 9.53 Å². The number of ketones is 1. The second-order valence-corrected chi connectivity index (χ2v) is 4.79. The van der Waals surface area contributed by atoms with E-state index >= 15 is 0 Å². The molecule has 17 heavy (non-hydrogen) atoms. The quantitative estimate of drug-likeness (QED) is 0.801. The second-order valence-electron chi connectivity index (χ2n) is 4.79. The number of carbonyl (C=O) groups excluding carboxylic acids is 1. The summed E-state index contributed by atoms with van der Waals surface area (Å²) >= 11 is 0. The normalized spacial score (nSPS) is 23.9. The van der Waals surface area contributed by atoms with Crippen LogP contribution in [0.4, 0.5) is 0 Å². The predicted molar refractivity (Wildman–Crippen MR) is 65.9 cm³/mol. The van der Waals surface area contributed by atoms with Crippen LogP contribution >= 0.6 is 0 Å². The summed E-state index contributed by atoms with van der Waals surface area (Å²) in [5.74, 6) is 0.145. The monoisotopic (exact) mass is 233 g/mol. The van der Waals surface area contributed by atoms with Crippen molar-refractivity contribution in [2.45, 2.75) is 45.1 Å². The number of Topliss-reactive ketones (excluding diaryl/α,β-unsaturated/α-hetero) is 1. The van der Waals surface area contributed by atoms with E-state index in [2.05, 4.69) is 11.9 Å². The lowest BCUT2D eigenvalue weighted by atomic mass is 9.94. The van der Waals surface area contributed by atoms with Crippen LogP contribution in [0.25, 0.3) is 0 Å². The Bertz CT molecular complexity index is 391. The minimum absolute atomic E-state index is 0.145. The number of carbonyl (C=O) groups is 1. The Morgan fingerprint density at radius 1 is 1.53 bits per heavy atom. The molecule has 2 rings (SSSR count). The van der Waals surface area contributed by atoms with E-state index in [9.17, 15) is 4.79 Å². The zero-order valence-electron chi connectivity index (χ0n) is 10.5. The lowest BCUT2D eigenvalue weighted by Gasteiger charge is -2.21. The third kappa shape index (κ3) is 2.72. The Kier molecular flexibility index (Phi) is 3.57. The molecule has 3 nitrogen and oxygen atoms in total. The van der Waals surface area contributed by atoms with Crippen LogP contribution < -0.4 is 0 Å². The summed E-state index contributed by atoms with van der Waals surface area (Å²) in [5.41, 5.74) is 1.46. The number of ether oxygens (including phenoxy) is 1. The van der Waals surface area contributed by atoms with Crippen molar-refractivity contribution in [2.24, 2.45) is 0 Å². The zero-order valence-corrected chi connectivity index (χ0v) is 10.5. The van der Waals surface area contributed by atoms with Gasteiger partial charge in [-0.05, 0) is 37.8 Å². The van der Waals surface area contributed by atoms with Gasteiger partial charge in [-0.3, -0.25) is 9.78 Å². The molecule has 1 unspecified atom stereocenters. The first-order valence-corrected chi connectivity index (χ1v) is 6.25. The van der Waals surface area contributed by atoms with Crippen LogP contribution in [0.2, 0.25) is 0 Å².